The van der Waals surface area contributed by atoms with E-state index in [9.17, 15) is 9.59 Å². The van der Waals surface area contributed by atoms with Crippen LogP contribution in [0.25, 0.3) is 0 Å². The van der Waals surface area contributed by atoms with E-state index < -0.39 is 12.0 Å². The number of aromatic nitrogens is 2. The highest BCUT2D eigenvalue weighted by molar-refractivity contribution is 5.82. The minimum absolute atomic E-state index is 0.233. The fourth-order valence-corrected chi connectivity index (χ4v) is 1.25. The van der Waals surface area contributed by atoms with E-state index in [1.807, 2.05) is 0 Å². The summed E-state index contributed by atoms with van der Waals surface area (Å²) in [5.74, 6) is -1.41. The summed E-state index contributed by atoms with van der Waals surface area (Å²) in [6.45, 7) is 3.09. The van der Waals surface area contributed by atoms with E-state index in [0.717, 1.165) is 11.3 Å². The van der Waals surface area contributed by atoms with Gasteiger partial charge in [-0.3, -0.25) is 9.89 Å². The van der Waals surface area contributed by atoms with Crippen molar-refractivity contribution in [2.45, 2.75) is 26.3 Å². The van der Waals surface area contributed by atoms with E-state index >= 15 is 0 Å². The highest BCUT2D eigenvalue weighted by atomic mass is 16.4. The fourth-order valence-electron chi connectivity index (χ4n) is 1.25. The van der Waals surface area contributed by atoms with Crippen molar-refractivity contribution in [3.8, 4) is 0 Å². The number of rotatable bonds is 4. The molecule has 0 aromatic carbocycles. The van der Waals surface area contributed by atoms with Crippen LogP contribution in [0.5, 0.6) is 0 Å². The van der Waals surface area contributed by atoms with E-state index in [-0.39, 0.29) is 12.3 Å². The maximum atomic E-state index is 10.8. The summed E-state index contributed by atoms with van der Waals surface area (Å²) in [5, 5.41) is 17.7. The van der Waals surface area contributed by atoms with Gasteiger partial charge in [-0.25, -0.2) is 4.79 Å². The molecule has 15 heavy (non-hydrogen) atoms. The lowest BCUT2D eigenvalue weighted by Gasteiger charge is -2.12. The van der Waals surface area contributed by atoms with Crippen molar-refractivity contribution in [1.82, 2.24) is 15.5 Å². The van der Waals surface area contributed by atoms with Gasteiger partial charge in [-0.2, -0.15) is 5.10 Å². The monoisotopic (exact) mass is 211 g/mol. The Balaban J connectivity index is 2.71. The van der Waals surface area contributed by atoms with Crippen LogP contribution >= 0.6 is 0 Å². The Hall–Kier alpha value is -1.85. The van der Waals surface area contributed by atoms with Gasteiger partial charge in [0.25, 0.3) is 0 Å². The first-order valence-electron chi connectivity index (χ1n) is 4.49. The molecular weight excluding hydrogens is 198 g/mol. The van der Waals surface area contributed by atoms with Gasteiger partial charge in [-0.1, -0.05) is 0 Å². The zero-order valence-electron chi connectivity index (χ0n) is 8.57. The molecule has 0 saturated carbocycles. The number of amides is 1. The molecule has 1 aromatic rings. The summed E-state index contributed by atoms with van der Waals surface area (Å²) in [4.78, 5) is 21.6. The smallest absolute Gasteiger partial charge is 0.326 e. The number of hydrogen-bond donors (Lipinski definition) is 3. The average molecular weight is 211 g/mol. The van der Waals surface area contributed by atoms with Crippen LogP contribution in [0.2, 0.25) is 0 Å². The van der Waals surface area contributed by atoms with Crippen LogP contribution in [0.3, 0.4) is 0 Å². The number of carboxylic acids is 1. The zero-order valence-corrected chi connectivity index (χ0v) is 8.57. The molecule has 1 unspecified atom stereocenters. The molecule has 0 fully saturated rings. The molecule has 1 amide bonds. The second kappa shape index (κ2) is 4.59. The van der Waals surface area contributed by atoms with Gasteiger partial charge in [0.05, 0.1) is 6.20 Å². The number of aromatic amines is 1. The highest BCUT2D eigenvalue weighted by Gasteiger charge is 2.20. The minimum atomic E-state index is -1.05. The molecule has 0 aliphatic heterocycles. The Kier molecular flexibility index (Phi) is 3.43. The molecule has 1 atom stereocenters. The molecule has 6 nitrogen and oxygen atoms in total. The van der Waals surface area contributed by atoms with Crippen molar-refractivity contribution in [2.75, 3.05) is 0 Å². The Labute approximate surface area is 86.7 Å². The van der Waals surface area contributed by atoms with Crippen LogP contribution in [-0.4, -0.2) is 33.2 Å². The second-order valence-electron chi connectivity index (χ2n) is 3.32. The van der Waals surface area contributed by atoms with Gasteiger partial charge in [-0.05, 0) is 12.5 Å². The van der Waals surface area contributed by atoms with Crippen molar-refractivity contribution in [3.63, 3.8) is 0 Å². The predicted molar refractivity (Wildman–Crippen MR) is 52.3 cm³/mol. The number of H-pyrrole nitrogens is 1. The molecular formula is C9H13N3O3. The van der Waals surface area contributed by atoms with E-state index in [0.29, 0.717) is 0 Å². The third-order valence-corrected chi connectivity index (χ3v) is 2.03. The molecule has 1 rings (SSSR count). The predicted octanol–water partition coefficient (Wildman–Crippen LogP) is -0.150. The van der Waals surface area contributed by atoms with Gasteiger partial charge < -0.3 is 10.4 Å². The summed E-state index contributed by atoms with van der Waals surface area (Å²) >= 11 is 0. The van der Waals surface area contributed by atoms with E-state index in [4.69, 9.17) is 5.11 Å². The van der Waals surface area contributed by atoms with Gasteiger partial charge in [0.15, 0.2) is 0 Å². The van der Waals surface area contributed by atoms with Crippen LogP contribution < -0.4 is 5.32 Å². The summed E-state index contributed by atoms with van der Waals surface area (Å²) in [6, 6.07) is -0.904. The van der Waals surface area contributed by atoms with Crippen molar-refractivity contribution in [1.29, 1.82) is 0 Å². The van der Waals surface area contributed by atoms with E-state index in [1.165, 1.54) is 6.92 Å². The highest BCUT2D eigenvalue weighted by Crippen LogP contribution is 2.06. The number of aryl methyl sites for hydroxylation is 1. The lowest BCUT2D eigenvalue weighted by atomic mass is 10.1. The molecule has 0 aliphatic carbocycles. The van der Waals surface area contributed by atoms with Crippen LogP contribution in [0.1, 0.15) is 18.2 Å². The maximum Gasteiger partial charge on any atom is 0.326 e. The topological polar surface area (TPSA) is 95.1 Å². The summed E-state index contributed by atoms with van der Waals surface area (Å²) in [5.41, 5.74) is 1.60. The number of nitrogens with zero attached hydrogens (tertiary/aromatic N) is 1. The standard InChI is InChI=1S/C9H13N3O3/c1-5-7(4-10-12-5)3-8(9(14)15)11-6(2)13/h4,8H,3H2,1-2H3,(H,10,12)(H,11,13)(H,14,15). The molecule has 1 heterocycles. The number of carbonyl (C=O) groups is 2. The third kappa shape index (κ3) is 3.08. The molecule has 0 bridgehead atoms. The van der Waals surface area contributed by atoms with Gasteiger partial charge in [-0.15, -0.1) is 0 Å². The van der Waals surface area contributed by atoms with Crippen LogP contribution in [0.15, 0.2) is 6.20 Å². The third-order valence-electron chi connectivity index (χ3n) is 2.03. The second-order valence-corrected chi connectivity index (χ2v) is 3.32. The SMILES string of the molecule is CC(=O)NC(Cc1cn[nH]c1C)C(=O)O. The fraction of sp³-hybridized carbons (Fsp3) is 0.444. The number of nitrogens with one attached hydrogen (secondary N) is 2. The molecule has 1 aromatic heterocycles. The first-order chi connectivity index (χ1) is 7.00. The van der Waals surface area contributed by atoms with Crippen LogP contribution in [0.4, 0.5) is 0 Å². The largest absolute Gasteiger partial charge is 0.480 e. The molecule has 82 valence electrons. The van der Waals surface area contributed by atoms with Crippen molar-refractivity contribution in [3.05, 3.63) is 17.5 Å². The zero-order chi connectivity index (χ0) is 11.4. The van der Waals surface area contributed by atoms with Crippen molar-refractivity contribution >= 4 is 11.9 Å². The van der Waals surface area contributed by atoms with E-state index in [2.05, 4.69) is 15.5 Å². The van der Waals surface area contributed by atoms with Gasteiger partial charge in [0, 0.05) is 19.0 Å². The maximum absolute atomic E-state index is 10.8. The Bertz CT molecular complexity index is 372. The molecule has 0 spiro atoms. The molecule has 0 radical (unpaired) electrons. The number of aliphatic carboxylic acids is 1. The quantitative estimate of drug-likeness (QED) is 0.645. The first kappa shape index (κ1) is 11.2. The molecule has 0 aliphatic rings. The number of carbonyl (C=O) groups excluding carboxylic acids is 1. The average Bonchev–Trinajstić information content (AvgIpc) is 2.50. The van der Waals surface area contributed by atoms with E-state index in [1.54, 1.807) is 13.1 Å². The molecule has 3 N–H and O–H groups in total. The summed E-state index contributed by atoms with van der Waals surface area (Å²) < 4.78 is 0. The number of carboxylic acid groups (broad SMARTS) is 1. The molecule has 6 heteroatoms. The lowest BCUT2D eigenvalue weighted by molar-refractivity contribution is -0.141. The van der Waals surface area contributed by atoms with Crippen LogP contribution in [0, 0.1) is 6.92 Å². The Morgan fingerprint density at radius 1 is 1.67 bits per heavy atom. The van der Waals surface area contributed by atoms with Gasteiger partial charge in [0.2, 0.25) is 5.91 Å². The lowest BCUT2D eigenvalue weighted by Crippen LogP contribution is -2.41. The van der Waals surface area contributed by atoms with Crippen molar-refractivity contribution in [2.24, 2.45) is 0 Å². The summed E-state index contributed by atoms with van der Waals surface area (Å²) in [7, 11) is 0. The summed E-state index contributed by atoms with van der Waals surface area (Å²) in [6.07, 6.45) is 1.80. The molecule has 0 saturated heterocycles. The van der Waals surface area contributed by atoms with Gasteiger partial charge in [0.1, 0.15) is 6.04 Å². The normalized spacial score (nSPS) is 12.1. The van der Waals surface area contributed by atoms with Crippen molar-refractivity contribution < 1.29 is 14.7 Å². The Morgan fingerprint density at radius 2 is 2.33 bits per heavy atom. The van der Waals surface area contributed by atoms with Crippen LogP contribution in [-0.2, 0) is 16.0 Å². The first-order valence-corrected chi connectivity index (χ1v) is 4.49. The number of hydrogen-bond acceptors (Lipinski definition) is 3. The Morgan fingerprint density at radius 3 is 2.73 bits per heavy atom. The van der Waals surface area contributed by atoms with Gasteiger partial charge >= 0.3 is 5.97 Å². The minimum Gasteiger partial charge on any atom is -0.480 e.